The average Bonchev–Trinajstić information content (AvgIpc) is 3.80. The first kappa shape index (κ1) is 30.2. The molecule has 0 N–H and O–H groups in total. The number of hydrogen-bond donors (Lipinski definition) is 0. The molecule has 0 amide bonds. The number of aromatic nitrogens is 5. The van der Waals surface area contributed by atoms with E-state index in [-0.39, 0.29) is 0 Å². The standard InChI is InChI=1S/C48H29N5O/c1-2-10-30(11-3-1)32-22-20-31-21-23-34(27-35(31)26-32)47-50-46(51-48(52-47)41-17-9-16-40-39-24-25-49-29-44(39)54-45(40)41)33-12-8-13-36(28-33)53-42-18-6-4-14-37(42)38-15-5-7-19-43(38)53/h1-29H. The maximum Gasteiger partial charge on any atom is 0.167 e. The van der Waals surface area contributed by atoms with Crippen molar-refractivity contribution in [1.82, 2.24) is 24.5 Å². The van der Waals surface area contributed by atoms with Crippen molar-refractivity contribution in [3.05, 3.63) is 176 Å². The van der Waals surface area contributed by atoms with Crippen LogP contribution in [0.3, 0.4) is 0 Å². The average molecular weight is 692 g/mol. The first-order valence-corrected chi connectivity index (χ1v) is 18.0. The highest BCUT2D eigenvalue weighted by Crippen LogP contribution is 2.37. The van der Waals surface area contributed by atoms with Gasteiger partial charge in [0.15, 0.2) is 23.1 Å². The summed E-state index contributed by atoms with van der Waals surface area (Å²) in [6, 6.07) is 57.1. The van der Waals surface area contributed by atoms with Crippen LogP contribution in [0.4, 0.5) is 0 Å². The number of benzene rings is 7. The second-order valence-corrected chi connectivity index (χ2v) is 13.5. The fraction of sp³-hybridized carbons (Fsp3) is 0. The highest BCUT2D eigenvalue weighted by molar-refractivity contribution is 6.10. The molecule has 4 aromatic heterocycles. The van der Waals surface area contributed by atoms with Crippen molar-refractivity contribution in [1.29, 1.82) is 0 Å². The summed E-state index contributed by atoms with van der Waals surface area (Å²) in [7, 11) is 0. The van der Waals surface area contributed by atoms with E-state index >= 15 is 0 Å². The van der Waals surface area contributed by atoms with E-state index in [1.54, 1.807) is 12.4 Å². The van der Waals surface area contributed by atoms with Crippen LogP contribution in [0.5, 0.6) is 0 Å². The molecule has 4 heterocycles. The molecule has 11 aromatic rings. The van der Waals surface area contributed by atoms with Crippen LogP contribution in [0.15, 0.2) is 181 Å². The molecule has 0 saturated carbocycles. The molecule has 54 heavy (non-hydrogen) atoms. The Kier molecular flexibility index (Phi) is 6.75. The van der Waals surface area contributed by atoms with E-state index < -0.39 is 0 Å². The van der Waals surface area contributed by atoms with Gasteiger partial charge in [-0.2, -0.15) is 0 Å². The van der Waals surface area contributed by atoms with Gasteiger partial charge < -0.3 is 8.98 Å². The SMILES string of the molecule is c1ccc(-c2ccc3ccc(-c4nc(-c5cccc(-n6c7ccccc7c7ccccc76)c5)nc(-c5cccc6c5oc5cnccc56)n4)cc3c2)cc1. The minimum absolute atomic E-state index is 0.535. The van der Waals surface area contributed by atoms with E-state index in [0.29, 0.717) is 23.1 Å². The predicted molar refractivity (Wildman–Crippen MR) is 218 cm³/mol. The van der Waals surface area contributed by atoms with Gasteiger partial charge in [0.05, 0.1) is 22.8 Å². The second kappa shape index (κ2) is 12.1. The van der Waals surface area contributed by atoms with E-state index in [1.165, 1.54) is 16.3 Å². The van der Waals surface area contributed by atoms with E-state index in [0.717, 1.165) is 66.1 Å². The fourth-order valence-electron chi connectivity index (χ4n) is 7.76. The summed E-state index contributed by atoms with van der Waals surface area (Å²) < 4.78 is 8.74. The van der Waals surface area contributed by atoms with Gasteiger partial charge in [-0.3, -0.25) is 4.98 Å². The summed E-state index contributed by atoms with van der Waals surface area (Å²) >= 11 is 0. The fourth-order valence-corrected chi connectivity index (χ4v) is 7.76. The van der Waals surface area contributed by atoms with Crippen LogP contribution in [0.2, 0.25) is 0 Å². The zero-order valence-corrected chi connectivity index (χ0v) is 28.9. The molecule has 6 nitrogen and oxygen atoms in total. The van der Waals surface area contributed by atoms with Crippen LogP contribution < -0.4 is 0 Å². The molecule has 0 aliphatic heterocycles. The first-order valence-electron chi connectivity index (χ1n) is 18.0. The van der Waals surface area contributed by atoms with E-state index in [9.17, 15) is 0 Å². The lowest BCUT2D eigenvalue weighted by molar-refractivity contribution is 0.667. The Balaban J connectivity index is 1.12. The molecule has 0 aliphatic rings. The van der Waals surface area contributed by atoms with Crippen molar-refractivity contribution in [2.45, 2.75) is 0 Å². The van der Waals surface area contributed by atoms with Gasteiger partial charge in [-0.25, -0.2) is 15.0 Å². The monoisotopic (exact) mass is 691 g/mol. The zero-order valence-electron chi connectivity index (χ0n) is 28.9. The molecule has 0 aliphatic carbocycles. The molecule has 0 saturated heterocycles. The first-order chi connectivity index (χ1) is 26.7. The van der Waals surface area contributed by atoms with Crippen LogP contribution >= 0.6 is 0 Å². The second-order valence-electron chi connectivity index (χ2n) is 13.5. The number of para-hydroxylation sites is 3. The van der Waals surface area contributed by atoms with E-state index in [1.807, 2.05) is 24.3 Å². The maximum atomic E-state index is 6.43. The highest BCUT2D eigenvalue weighted by Gasteiger charge is 2.19. The number of hydrogen-bond acceptors (Lipinski definition) is 5. The third kappa shape index (κ3) is 4.89. The van der Waals surface area contributed by atoms with Gasteiger partial charge >= 0.3 is 0 Å². The molecule has 0 atom stereocenters. The summed E-state index contributed by atoms with van der Waals surface area (Å²) in [4.78, 5) is 19.8. The van der Waals surface area contributed by atoms with E-state index in [4.69, 9.17) is 19.4 Å². The zero-order chi connectivity index (χ0) is 35.6. The lowest BCUT2D eigenvalue weighted by Crippen LogP contribution is -2.01. The summed E-state index contributed by atoms with van der Waals surface area (Å²) in [5.74, 6) is 1.69. The minimum Gasteiger partial charge on any atom is -0.454 e. The Morgan fingerprint density at radius 1 is 0.426 bits per heavy atom. The number of fused-ring (bicyclic) bond motifs is 7. The van der Waals surface area contributed by atoms with Crippen molar-refractivity contribution in [2.24, 2.45) is 0 Å². The van der Waals surface area contributed by atoms with Crippen molar-refractivity contribution in [3.63, 3.8) is 0 Å². The Hall–Kier alpha value is -7.44. The third-order valence-corrected chi connectivity index (χ3v) is 10.3. The Bertz CT molecular complexity index is 3180. The molecular weight excluding hydrogens is 663 g/mol. The van der Waals surface area contributed by atoms with Gasteiger partial charge in [-0.1, -0.05) is 115 Å². The number of pyridine rings is 1. The number of nitrogens with zero attached hydrogens (tertiary/aromatic N) is 5. The molecule has 0 fully saturated rings. The molecule has 0 radical (unpaired) electrons. The molecular formula is C48H29N5O. The van der Waals surface area contributed by atoms with Gasteiger partial charge in [0.1, 0.15) is 5.58 Å². The lowest BCUT2D eigenvalue weighted by atomic mass is 10.00. The molecule has 6 heteroatoms. The normalized spacial score (nSPS) is 11.7. The largest absolute Gasteiger partial charge is 0.454 e. The van der Waals surface area contributed by atoms with Crippen LogP contribution in [0, 0.1) is 0 Å². The molecule has 0 bridgehead atoms. The highest BCUT2D eigenvalue weighted by atomic mass is 16.3. The van der Waals surface area contributed by atoms with Crippen LogP contribution in [-0.2, 0) is 0 Å². The summed E-state index contributed by atoms with van der Waals surface area (Å²) in [6.45, 7) is 0. The number of furan rings is 1. The summed E-state index contributed by atoms with van der Waals surface area (Å²) in [5, 5.41) is 6.66. The summed E-state index contributed by atoms with van der Waals surface area (Å²) in [6.07, 6.45) is 3.54. The Morgan fingerprint density at radius 3 is 1.85 bits per heavy atom. The van der Waals surface area contributed by atoms with Gasteiger partial charge in [0.25, 0.3) is 0 Å². The minimum atomic E-state index is 0.535. The van der Waals surface area contributed by atoms with Crippen molar-refractivity contribution < 1.29 is 4.42 Å². The van der Waals surface area contributed by atoms with Gasteiger partial charge in [-0.15, -0.1) is 0 Å². The Labute approximate surface area is 309 Å². The molecule has 0 spiro atoms. The maximum absolute atomic E-state index is 6.43. The third-order valence-electron chi connectivity index (χ3n) is 10.3. The summed E-state index contributed by atoms with van der Waals surface area (Å²) in [5.41, 5.74) is 9.65. The topological polar surface area (TPSA) is 69.6 Å². The van der Waals surface area contributed by atoms with Crippen LogP contribution in [0.1, 0.15) is 0 Å². The smallest absolute Gasteiger partial charge is 0.167 e. The van der Waals surface area contributed by atoms with Crippen molar-refractivity contribution in [2.75, 3.05) is 0 Å². The van der Waals surface area contributed by atoms with Crippen LogP contribution in [0.25, 0.3) is 105 Å². The van der Waals surface area contributed by atoms with Crippen molar-refractivity contribution in [3.8, 4) is 51.0 Å². The number of rotatable bonds is 5. The van der Waals surface area contributed by atoms with Gasteiger partial charge in [0, 0.05) is 44.6 Å². The lowest BCUT2D eigenvalue weighted by Gasteiger charge is -2.12. The van der Waals surface area contributed by atoms with Crippen LogP contribution in [-0.4, -0.2) is 24.5 Å². The molecule has 11 rings (SSSR count). The molecule has 7 aromatic carbocycles. The van der Waals surface area contributed by atoms with Gasteiger partial charge in [-0.05, 0) is 70.4 Å². The van der Waals surface area contributed by atoms with E-state index in [2.05, 4.69) is 149 Å². The Morgan fingerprint density at radius 2 is 1.06 bits per heavy atom. The molecule has 252 valence electrons. The quantitative estimate of drug-likeness (QED) is 0.180. The predicted octanol–water partition coefficient (Wildman–Crippen LogP) is 12.1. The van der Waals surface area contributed by atoms with Gasteiger partial charge in [0.2, 0.25) is 0 Å². The van der Waals surface area contributed by atoms with Crippen molar-refractivity contribution >= 4 is 54.5 Å². The molecule has 0 unspecified atom stereocenters.